The van der Waals surface area contributed by atoms with Crippen molar-refractivity contribution >= 4 is 17.1 Å². The Morgan fingerprint density at radius 3 is 2.69 bits per heavy atom. The van der Waals surface area contributed by atoms with Gasteiger partial charge in [0.05, 0.1) is 48.4 Å². The first-order valence-corrected chi connectivity index (χ1v) is 10.7. The number of carbonyl (C=O) groups excluding carboxylic acids is 1. The number of anilines is 1. The molecule has 4 aromatic heterocycles. The molecule has 1 amide bonds. The molecule has 2 N–H and O–H groups in total. The lowest BCUT2D eigenvalue weighted by Gasteiger charge is -2.16. The second-order valence-electron chi connectivity index (χ2n) is 8.79. The lowest BCUT2D eigenvalue weighted by Crippen LogP contribution is -2.26. The van der Waals surface area contributed by atoms with Gasteiger partial charge in [-0.15, -0.1) is 10.2 Å². The first-order valence-electron chi connectivity index (χ1n) is 10.7. The molecular weight excluding hydrogens is 453 g/mol. The van der Waals surface area contributed by atoms with Gasteiger partial charge in [0.15, 0.2) is 0 Å². The van der Waals surface area contributed by atoms with Crippen LogP contribution in [0.3, 0.4) is 0 Å². The zero-order valence-electron chi connectivity index (χ0n) is 19.2. The van der Waals surface area contributed by atoms with Crippen LogP contribution in [0.1, 0.15) is 24.2 Å². The second kappa shape index (κ2) is 8.40. The fraction of sp³-hybridized carbons (Fsp3) is 0.217. The van der Waals surface area contributed by atoms with Crippen molar-refractivity contribution in [1.82, 2.24) is 39.6 Å². The van der Waals surface area contributed by atoms with Crippen LogP contribution in [0.5, 0.6) is 0 Å². The lowest BCUT2D eigenvalue weighted by molar-refractivity contribution is 0.0577. The molecule has 0 spiro atoms. The highest BCUT2D eigenvalue weighted by molar-refractivity contribution is 6.09. The van der Waals surface area contributed by atoms with Crippen molar-refractivity contribution in [3.63, 3.8) is 0 Å². The number of hydrogen-bond acceptors (Lipinski definition) is 7. The molecule has 5 rings (SSSR count). The van der Waals surface area contributed by atoms with Gasteiger partial charge in [0.25, 0.3) is 5.91 Å². The third-order valence-corrected chi connectivity index (χ3v) is 5.26. The maximum atomic E-state index is 14.5. The van der Waals surface area contributed by atoms with Gasteiger partial charge >= 0.3 is 0 Å². The van der Waals surface area contributed by atoms with E-state index in [1.807, 2.05) is 18.3 Å². The predicted molar refractivity (Wildman–Crippen MR) is 125 cm³/mol. The number of halogens is 1. The van der Waals surface area contributed by atoms with Gasteiger partial charge in [-0.1, -0.05) is 0 Å². The van der Waals surface area contributed by atoms with Gasteiger partial charge in [0.2, 0.25) is 5.82 Å². The van der Waals surface area contributed by atoms with Crippen LogP contribution in [0.2, 0.25) is 0 Å². The molecule has 5 aromatic rings. The Hall–Kier alpha value is -4.45. The summed E-state index contributed by atoms with van der Waals surface area (Å²) in [5, 5.41) is 33.0. The molecule has 11 nitrogen and oxygen atoms in total. The van der Waals surface area contributed by atoms with Crippen LogP contribution in [-0.2, 0) is 13.6 Å². The van der Waals surface area contributed by atoms with Gasteiger partial charge in [-0.3, -0.25) is 9.48 Å². The topological polar surface area (TPSA) is 128 Å². The van der Waals surface area contributed by atoms with Crippen molar-refractivity contribution in [2.75, 3.05) is 5.32 Å². The van der Waals surface area contributed by atoms with Crippen LogP contribution in [0, 0.1) is 5.82 Å². The summed E-state index contributed by atoms with van der Waals surface area (Å²) in [5.74, 6) is -0.797. The van der Waals surface area contributed by atoms with E-state index in [0.717, 1.165) is 11.1 Å². The molecule has 0 aliphatic rings. The predicted octanol–water partition coefficient (Wildman–Crippen LogP) is 2.55. The molecule has 0 aliphatic heterocycles. The van der Waals surface area contributed by atoms with Crippen LogP contribution in [0.15, 0.2) is 55.1 Å². The maximum absolute atomic E-state index is 14.5. The van der Waals surface area contributed by atoms with Gasteiger partial charge < -0.3 is 10.4 Å². The summed E-state index contributed by atoms with van der Waals surface area (Å²) < 4.78 is 17.7. The molecule has 12 heteroatoms. The van der Waals surface area contributed by atoms with Gasteiger partial charge in [0, 0.05) is 23.5 Å². The summed E-state index contributed by atoms with van der Waals surface area (Å²) in [7, 11) is 1.63. The second-order valence-corrected chi connectivity index (χ2v) is 8.79. The highest BCUT2D eigenvalue weighted by Gasteiger charge is 2.18. The zero-order valence-corrected chi connectivity index (χ0v) is 19.2. The van der Waals surface area contributed by atoms with Gasteiger partial charge in [-0.05, 0) is 55.0 Å². The average Bonchev–Trinajstić information content (AvgIpc) is 3.53. The molecule has 0 atom stereocenters. The first-order chi connectivity index (χ1) is 16.7. The Labute approximate surface area is 198 Å². The van der Waals surface area contributed by atoms with Crippen molar-refractivity contribution in [2.24, 2.45) is 7.05 Å². The number of nitrogens with zero attached hydrogens (tertiary/aromatic N) is 8. The van der Waals surface area contributed by atoms with Crippen LogP contribution in [0.25, 0.3) is 28.0 Å². The first kappa shape index (κ1) is 22.3. The standard InChI is InChI=1S/C23H22FN9O2/c1-23(2,35)13-32-12-16(10-25-32)14-6-7-33-20(9-14)17(11-26-33)22(34)27-19-8-15(4-5-18(19)24)21-28-30-31(3)29-21/h4-12,35H,13H2,1-3H3,(H,27,34). The third-order valence-electron chi connectivity index (χ3n) is 5.26. The highest BCUT2D eigenvalue weighted by atomic mass is 19.1. The average molecular weight is 475 g/mol. The van der Waals surface area contributed by atoms with Crippen molar-refractivity contribution in [3.05, 3.63) is 66.5 Å². The summed E-state index contributed by atoms with van der Waals surface area (Å²) in [5.41, 5.74) is 2.05. The number of pyridine rings is 1. The van der Waals surface area contributed by atoms with E-state index in [9.17, 15) is 14.3 Å². The van der Waals surface area contributed by atoms with Crippen LogP contribution >= 0.6 is 0 Å². The molecule has 0 saturated carbocycles. The Kier molecular flexibility index (Phi) is 5.36. The van der Waals surface area contributed by atoms with Crippen LogP contribution in [-0.4, -0.2) is 56.2 Å². The van der Waals surface area contributed by atoms with E-state index < -0.39 is 17.3 Å². The van der Waals surface area contributed by atoms with E-state index in [2.05, 4.69) is 30.9 Å². The minimum Gasteiger partial charge on any atom is -0.389 e. The molecule has 1 aromatic carbocycles. The van der Waals surface area contributed by atoms with E-state index in [-0.39, 0.29) is 11.3 Å². The van der Waals surface area contributed by atoms with Gasteiger partial charge in [0.1, 0.15) is 5.82 Å². The summed E-state index contributed by atoms with van der Waals surface area (Å²) in [6.07, 6.45) is 6.67. The normalized spacial score (nSPS) is 11.8. The smallest absolute Gasteiger partial charge is 0.259 e. The minimum atomic E-state index is -0.903. The van der Waals surface area contributed by atoms with E-state index in [1.165, 1.54) is 29.2 Å². The molecule has 4 heterocycles. The SMILES string of the molecule is Cn1nnc(-c2ccc(F)c(NC(=O)c3cnn4ccc(-c5cnn(CC(C)(C)O)c5)cc34)c2)n1. The quantitative estimate of drug-likeness (QED) is 0.386. The van der Waals surface area contributed by atoms with Gasteiger partial charge in [-0.2, -0.15) is 15.0 Å². The number of aromatic nitrogens is 8. The Balaban J connectivity index is 1.43. The lowest BCUT2D eigenvalue weighted by atomic mass is 10.1. The summed E-state index contributed by atoms with van der Waals surface area (Å²) in [6.45, 7) is 3.75. The monoisotopic (exact) mass is 475 g/mol. The molecule has 0 fully saturated rings. The van der Waals surface area contributed by atoms with E-state index in [4.69, 9.17) is 0 Å². The largest absolute Gasteiger partial charge is 0.389 e. The number of aliphatic hydroxyl groups is 1. The number of tetrazole rings is 1. The minimum absolute atomic E-state index is 0.0108. The summed E-state index contributed by atoms with van der Waals surface area (Å²) in [4.78, 5) is 14.4. The number of nitrogens with one attached hydrogen (secondary N) is 1. The number of carbonyl (C=O) groups is 1. The van der Waals surface area contributed by atoms with Crippen molar-refractivity contribution in [1.29, 1.82) is 0 Å². The number of hydrogen-bond donors (Lipinski definition) is 2. The van der Waals surface area contributed by atoms with Crippen molar-refractivity contribution < 1.29 is 14.3 Å². The zero-order chi connectivity index (χ0) is 24.7. The van der Waals surface area contributed by atoms with Crippen LogP contribution < -0.4 is 5.32 Å². The summed E-state index contributed by atoms with van der Waals surface area (Å²) >= 11 is 0. The van der Waals surface area contributed by atoms with E-state index in [1.54, 1.807) is 42.5 Å². The highest BCUT2D eigenvalue weighted by Crippen LogP contribution is 2.25. The van der Waals surface area contributed by atoms with Gasteiger partial charge in [-0.25, -0.2) is 8.91 Å². The molecule has 178 valence electrons. The number of amides is 1. The number of aryl methyl sites for hydroxylation is 1. The fourth-order valence-corrected chi connectivity index (χ4v) is 3.68. The molecule has 35 heavy (non-hydrogen) atoms. The number of rotatable bonds is 6. The van der Waals surface area contributed by atoms with Crippen molar-refractivity contribution in [3.8, 4) is 22.5 Å². The maximum Gasteiger partial charge on any atom is 0.259 e. The number of benzene rings is 1. The van der Waals surface area contributed by atoms with Crippen LogP contribution in [0.4, 0.5) is 10.1 Å². The number of fused-ring (bicyclic) bond motifs is 1. The molecule has 0 unspecified atom stereocenters. The Morgan fingerprint density at radius 2 is 1.94 bits per heavy atom. The molecule has 0 saturated heterocycles. The van der Waals surface area contributed by atoms with E-state index in [0.29, 0.717) is 23.4 Å². The fourth-order valence-electron chi connectivity index (χ4n) is 3.68. The van der Waals surface area contributed by atoms with Crippen molar-refractivity contribution in [2.45, 2.75) is 26.0 Å². The third kappa shape index (κ3) is 4.64. The molecule has 0 aliphatic carbocycles. The molecule has 0 bridgehead atoms. The molecular formula is C23H22FN9O2. The Bertz CT molecular complexity index is 1540. The summed E-state index contributed by atoms with van der Waals surface area (Å²) in [6, 6.07) is 7.87. The molecule has 0 radical (unpaired) electrons. The van der Waals surface area contributed by atoms with E-state index >= 15 is 0 Å². The Morgan fingerprint density at radius 1 is 1.11 bits per heavy atom.